The number of anilines is 1. The molecule has 6 nitrogen and oxygen atoms in total. The monoisotopic (exact) mass is 325 g/mol. The number of nitrogens with one attached hydrogen (secondary N) is 2. The molecule has 0 radical (unpaired) electrons. The Kier molecular flexibility index (Phi) is 4.77. The lowest BCUT2D eigenvalue weighted by molar-refractivity contribution is 0.102. The van der Waals surface area contributed by atoms with E-state index in [2.05, 4.69) is 15.5 Å². The van der Waals surface area contributed by atoms with E-state index in [0.717, 1.165) is 22.2 Å². The van der Waals surface area contributed by atoms with Crippen molar-refractivity contribution >= 4 is 22.5 Å². The first-order chi connectivity index (χ1) is 11.7. The molecular weight excluding hydrogens is 306 g/mol. The van der Waals surface area contributed by atoms with E-state index in [1.807, 2.05) is 25.1 Å². The number of nitrogens with zero attached hydrogens (tertiary/aromatic N) is 1. The molecule has 0 bridgehead atoms. The van der Waals surface area contributed by atoms with Crippen molar-refractivity contribution in [3.05, 3.63) is 53.7 Å². The van der Waals surface area contributed by atoms with Gasteiger partial charge in [0.05, 0.1) is 12.1 Å². The number of aryl methyl sites for hydroxylation is 1. The van der Waals surface area contributed by atoms with E-state index in [1.54, 1.807) is 31.4 Å². The number of methoxy groups -OCH3 is 1. The van der Waals surface area contributed by atoms with Gasteiger partial charge in [-0.3, -0.25) is 9.89 Å². The summed E-state index contributed by atoms with van der Waals surface area (Å²) in [6, 6.07) is 13.0. The smallest absolute Gasteiger partial charge is 0.276 e. The van der Waals surface area contributed by atoms with Crippen molar-refractivity contribution in [2.45, 2.75) is 6.92 Å². The molecule has 2 aromatic carbocycles. The maximum atomic E-state index is 12.5. The number of H-pyrrole nitrogens is 1. The third kappa shape index (κ3) is 3.55. The van der Waals surface area contributed by atoms with Crippen LogP contribution in [0.5, 0.6) is 5.75 Å². The van der Waals surface area contributed by atoms with Crippen LogP contribution in [-0.4, -0.2) is 36.4 Å². The lowest BCUT2D eigenvalue weighted by Crippen LogP contribution is -2.12. The average Bonchev–Trinajstić information content (AvgIpc) is 3.00. The molecule has 0 unspecified atom stereocenters. The summed E-state index contributed by atoms with van der Waals surface area (Å²) in [7, 11) is 1.63. The first-order valence-corrected chi connectivity index (χ1v) is 7.65. The van der Waals surface area contributed by atoms with E-state index in [9.17, 15) is 4.79 Å². The number of amides is 1. The van der Waals surface area contributed by atoms with Crippen molar-refractivity contribution in [2.75, 3.05) is 25.6 Å². The Balaban J connectivity index is 1.70. The van der Waals surface area contributed by atoms with Gasteiger partial charge in [0.2, 0.25) is 0 Å². The molecule has 2 N–H and O–H groups in total. The summed E-state index contributed by atoms with van der Waals surface area (Å²) in [4.78, 5) is 12.5. The fraction of sp³-hybridized carbons (Fsp3) is 0.222. The highest BCUT2D eigenvalue weighted by molar-refractivity contribution is 6.11. The number of carbonyl (C=O) groups excluding carboxylic acids is 1. The molecule has 3 rings (SSSR count). The molecule has 0 aliphatic carbocycles. The van der Waals surface area contributed by atoms with Crippen LogP contribution in [0.4, 0.5) is 5.69 Å². The standard InChI is InChI=1S/C18H19N3O3/c1-12-3-8-16-15(11-12)17(21-20-16)18(22)19-13-4-6-14(7-5-13)24-10-9-23-2/h3-8,11H,9-10H2,1-2H3,(H,19,22)(H,20,21). The van der Waals surface area contributed by atoms with Gasteiger partial charge in [0, 0.05) is 18.2 Å². The molecule has 0 saturated heterocycles. The van der Waals surface area contributed by atoms with Gasteiger partial charge in [-0.25, -0.2) is 0 Å². The number of ether oxygens (including phenoxy) is 2. The minimum atomic E-state index is -0.250. The van der Waals surface area contributed by atoms with E-state index in [4.69, 9.17) is 9.47 Å². The third-order valence-corrected chi connectivity index (χ3v) is 3.60. The normalized spacial score (nSPS) is 10.8. The molecule has 1 aromatic heterocycles. The Morgan fingerprint density at radius 3 is 2.71 bits per heavy atom. The Labute approximate surface area is 139 Å². The second-order valence-corrected chi connectivity index (χ2v) is 5.44. The molecule has 124 valence electrons. The molecule has 0 atom stereocenters. The van der Waals surface area contributed by atoms with Crippen molar-refractivity contribution in [1.29, 1.82) is 0 Å². The highest BCUT2D eigenvalue weighted by Crippen LogP contribution is 2.20. The van der Waals surface area contributed by atoms with Gasteiger partial charge in [-0.15, -0.1) is 0 Å². The molecule has 1 amide bonds. The van der Waals surface area contributed by atoms with E-state index in [0.29, 0.717) is 24.6 Å². The first kappa shape index (κ1) is 16.0. The van der Waals surface area contributed by atoms with Crippen molar-refractivity contribution < 1.29 is 14.3 Å². The minimum absolute atomic E-state index is 0.250. The molecule has 0 spiro atoms. The van der Waals surface area contributed by atoms with Gasteiger partial charge in [0.15, 0.2) is 5.69 Å². The predicted octanol–water partition coefficient (Wildman–Crippen LogP) is 3.15. The van der Waals surface area contributed by atoms with Crippen LogP contribution in [0, 0.1) is 6.92 Å². The Morgan fingerprint density at radius 1 is 1.17 bits per heavy atom. The van der Waals surface area contributed by atoms with Crippen molar-refractivity contribution in [3.63, 3.8) is 0 Å². The zero-order chi connectivity index (χ0) is 16.9. The fourth-order valence-corrected chi connectivity index (χ4v) is 2.37. The number of aromatic nitrogens is 2. The molecule has 24 heavy (non-hydrogen) atoms. The summed E-state index contributed by atoms with van der Waals surface area (Å²) < 4.78 is 10.4. The van der Waals surface area contributed by atoms with Gasteiger partial charge in [-0.2, -0.15) is 5.10 Å². The van der Waals surface area contributed by atoms with E-state index < -0.39 is 0 Å². The number of hydrogen-bond donors (Lipinski definition) is 2. The maximum Gasteiger partial charge on any atom is 0.276 e. The quantitative estimate of drug-likeness (QED) is 0.683. The van der Waals surface area contributed by atoms with Gasteiger partial charge < -0.3 is 14.8 Å². The molecular formula is C18H19N3O3. The Morgan fingerprint density at radius 2 is 1.96 bits per heavy atom. The van der Waals surface area contributed by atoms with Gasteiger partial charge in [0.1, 0.15) is 12.4 Å². The zero-order valence-corrected chi connectivity index (χ0v) is 13.6. The number of rotatable bonds is 6. The largest absolute Gasteiger partial charge is 0.491 e. The first-order valence-electron chi connectivity index (χ1n) is 7.65. The van der Waals surface area contributed by atoms with Crippen LogP contribution in [-0.2, 0) is 4.74 Å². The van der Waals surface area contributed by atoms with Crippen LogP contribution >= 0.6 is 0 Å². The predicted molar refractivity (Wildman–Crippen MR) is 92.6 cm³/mol. The van der Waals surface area contributed by atoms with Gasteiger partial charge >= 0.3 is 0 Å². The highest BCUT2D eigenvalue weighted by Gasteiger charge is 2.14. The summed E-state index contributed by atoms with van der Waals surface area (Å²) in [6.07, 6.45) is 0. The number of hydrogen-bond acceptors (Lipinski definition) is 4. The van der Waals surface area contributed by atoms with Crippen LogP contribution in [0.3, 0.4) is 0 Å². The number of benzene rings is 2. The van der Waals surface area contributed by atoms with Crippen LogP contribution in [0.15, 0.2) is 42.5 Å². The molecule has 1 heterocycles. The topological polar surface area (TPSA) is 76.2 Å². The lowest BCUT2D eigenvalue weighted by Gasteiger charge is -2.07. The number of aromatic amines is 1. The summed E-state index contributed by atoms with van der Waals surface area (Å²) in [5.74, 6) is 0.478. The second kappa shape index (κ2) is 7.14. The molecule has 0 aliphatic rings. The summed E-state index contributed by atoms with van der Waals surface area (Å²) in [5.41, 5.74) is 2.99. The van der Waals surface area contributed by atoms with Crippen molar-refractivity contribution in [3.8, 4) is 5.75 Å². The van der Waals surface area contributed by atoms with Gasteiger partial charge in [-0.1, -0.05) is 11.6 Å². The SMILES string of the molecule is COCCOc1ccc(NC(=O)c2n[nH]c3ccc(C)cc23)cc1. The zero-order valence-electron chi connectivity index (χ0n) is 13.6. The van der Waals surface area contributed by atoms with Crippen LogP contribution < -0.4 is 10.1 Å². The van der Waals surface area contributed by atoms with Gasteiger partial charge in [0.25, 0.3) is 5.91 Å². The molecule has 6 heteroatoms. The highest BCUT2D eigenvalue weighted by atomic mass is 16.5. The van der Waals surface area contributed by atoms with E-state index in [1.165, 1.54) is 0 Å². The van der Waals surface area contributed by atoms with E-state index in [-0.39, 0.29) is 5.91 Å². The fourth-order valence-electron chi connectivity index (χ4n) is 2.37. The molecule has 0 aliphatic heterocycles. The minimum Gasteiger partial charge on any atom is -0.491 e. The average molecular weight is 325 g/mol. The Hall–Kier alpha value is -2.86. The second-order valence-electron chi connectivity index (χ2n) is 5.44. The molecule has 0 saturated carbocycles. The summed E-state index contributed by atoms with van der Waals surface area (Å²) >= 11 is 0. The Bertz CT molecular complexity index is 840. The molecule has 3 aromatic rings. The van der Waals surface area contributed by atoms with Crippen LogP contribution in [0.25, 0.3) is 10.9 Å². The van der Waals surface area contributed by atoms with Crippen molar-refractivity contribution in [2.24, 2.45) is 0 Å². The third-order valence-electron chi connectivity index (χ3n) is 3.60. The lowest BCUT2D eigenvalue weighted by atomic mass is 10.1. The number of fused-ring (bicyclic) bond motifs is 1. The van der Waals surface area contributed by atoms with Crippen LogP contribution in [0.1, 0.15) is 16.1 Å². The van der Waals surface area contributed by atoms with Crippen LogP contribution in [0.2, 0.25) is 0 Å². The molecule has 0 fully saturated rings. The number of carbonyl (C=O) groups is 1. The summed E-state index contributed by atoms with van der Waals surface area (Å²) in [6.45, 7) is 3.00. The van der Waals surface area contributed by atoms with E-state index >= 15 is 0 Å². The maximum absolute atomic E-state index is 12.5. The summed E-state index contributed by atoms with van der Waals surface area (Å²) in [5, 5.41) is 10.7. The van der Waals surface area contributed by atoms with Crippen molar-refractivity contribution in [1.82, 2.24) is 10.2 Å². The van der Waals surface area contributed by atoms with Gasteiger partial charge in [-0.05, 0) is 43.3 Å².